The zero-order valence-electron chi connectivity index (χ0n) is 9.86. The third kappa shape index (κ3) is 2.07. The molecule has 3 heteroatoms. The summed E-state index contributed by atoms with van der Waals surface area (Å²) in [4.78, 5) is 12.2. The highest BCUT2D eigenvalue weighted by Crippen LogP contribution is 2.37. The molecule has 3 rings (SSSR count). The lowest BCUT2D eigenvalue weighted by atomic mass is 9.93. The summed E-state index contributed by atoms with van der Waals surface area (Å²) in [6.45, 7) is 1.01. The van der Waals surface area contributed by atoms with Crippen molar-refractivity contribution in [3.63, 3.8) is 0 Å². The second-order valence-corrected chi connectivity index (χ2v) is 5.10. The molecule has 3 nitrogen and oxygen atoms in total. The molecule has 2 N–H and O–H groups in total. The highest BCUT2D eigenvalue weighted by molar-refractivity contribution is 5.95. The smallest absolute Gasteiger partial charge is 0.241 e. The van der Waals surface area contributed by atoms with E-state index in [2.05, 4.69) is 10.6 Å². The van der Waals surface area contributed by atoms with Gasteiger partial charge in [0.1, 0.15) is 0 Å². The molecule has 1 saturated carbocycles. The van der Waals surface area contributed by atoms with Gasteiger partial charge in [-0.1, -0.05) is 24.6 Å². The van der Waals surface area contributed by atoms with Gasteiger partial charge in [-0.3, -0.25) is 4.79 Å². The van der Waals surface area contributed by atoms with Crippen molar-refractivity contribution in [3.8, 4) is 0 Å². The summed E-state index contributed by atoms with van der Waals surface area (Å²) < 4.78 is 0. The van der Waals surface area contributed by atoms with E-state index in [0.29, 0.717) is 5.92 Å². The summed E-state index contributed by atoms with van der Waals surface area (Å²) in [6, 6.07) is 9.71. The Labute approximate surface area is 102 Å². The summed E-state index contributed by atoms with van der Waals surface area (Å²) in [7, 11) is 0. The molecule has 3 atom stereocenters. The van der Waals surface area contributed by atoms with Crippen LogP contribution in [0.15, 0.2) is 30.3 Å². The number of hydrogen-bond acceptors (Lipinski definition) is 2. The van der Waals surface area contributed by atoms with Crippen LogP contribution in [0.25, 0.3) is 0 Å². The van der Waals surface area contributed by atoms with Crippen molar-refractivity contribution in [2.45, 2.75) is 25.3 Å². The normalized spacial score (nSPS) is 31.2. The molecule has 0 bridgehead atoms. The van der Waals surface area contributed by atoms with Gasteiger partial charge in [0.25, 0.3) is 0 Å². The van der Waals surface area contributed by atoms with E-state index < -0.39 is 0 Å². The molecule has 0 spiro atoms. The van der Waals surface area contributed by atoms with Gasteiger partial charge in [-0.2, -0.15) is 0 Å². The monoisotopic (exact) mass is 230 g/mol. The van der Waals surface area contributed by atoms with E-state index in [1.165, 1.54) is 19.3 Å². The molecule has 1 saturated heterocycles. The standard InChI is InChI=1S/C14H18N2O/c17-14(16-11-6-2-1-3-7-11)13-12-8-4-5-10(12)9-15-13/h1-3,6-7,10,12-13,15H,4-5,8-9H2,(H,16,17). The predicted molar refractivity (Wildman–Crippen MR) is 67.7 cm³/mol. The number of anilines is 1. The van der Waals surface area contributed by atoms with Crippen LogP contribution >= 0.6 is 0 Å². The molecule has 0 aromatic heterocycles. The minimum absolute atomic E-state index is 0.0164. The summed E-state index contributed by atoms with van der Waals surface area (Å²) in [5, 5.41) is 6.36. The highest BCUT2D eigenvalue weighted by atomic mass is 16.2. The number of fused-ring (bicyclic) bond motifs is 1. The number of hydrogen-bond donors (Lipinski definition) is 2. The Bertz CT molecular complexity index is 404. The Balaban J connectivity index is 1.67. The van der Waals surface area contributed by atoms with Gasteiger partial charge in [-0.15, -0.1) is 0 Å². The van der Waals surface area contributed by atoms with Gasteiger partial charge in [0.05, 0.1) is 6.04 Å². The molecular weight excluding hydrogens is 212 g/mol. The molecule has 90 valence electrons. The molecule has 1 heterocycles. The van der Waals surface area contributed by atoms with Crippen LogP contribution in [-0.2, 0) is 4.79 Å². The number of carbonyl (C=O) groups excluding carboxylic acids is 1. The first-order chi connectivity index (χ1) is 8.34. The van der Waals surface area contributed by atoms with E-state index in [1.54, 1.807) is 0 Å². The second-order valence-electron chi connectivity index (χ2n) is 5.10. The van der Waals surface area contributed by atoms with Crippen molar-refractivity contribution < 1.29 is 4.79 Å². The minimum atomic E-state index is 0.0164. The molecule has 3 unspecified atom stereocenters. The Morgan fingerprint density at radius 3 is 2.88 bits per heavy atom. The number of para-hydroxylation sites is 1. The maximum Gasteiger partial charge on any atom is 0.241 e. The van der Waals surface area contributed by atoms with Gasteiger partial charge >= 0.3 is 0 Å². The number of amides is 1. The number of rotatable bonds is 2. The minimum Gasteiger partial charge on any atom is -0.325 e. The first-order valence-electron chi connectivity index (χ1n) is 6.44. The lowest BCUT2D eigenvalue weighted by Crippen LogP contribution is -2.39. The van der Waals surface area contributed by atoms with Crippen LogP contribution in [0.4, 0.5) is 5.69 Å². The quantitative estimate of drug-likeness (QED) is 0.816. The third-order valence-electron chi connectivity index (χ3n) is 4.07. The summed E-state index contributed by atoms with van der Waals surface area (Å²) >= 11 is 0. The zero-order chi connectivity index (χ0) is 11.7. The molecule has 2 aliphatic rings. The van der Waals surface area contributed by atoms with Gasteiger partial charge < -0.3 is 10.6 Å². The van der Waals surface area contributed by atoms with E-state index in [0.717, 1.165) is 18.2 Å². The van der Waals surface area contributed by atoms with Gasteiger partial charge in [0.15, 0.2) is 0 Å². The number of carbonyl (C=O) groups is 1. The van der Waals surface area contributed by atoms with Crippen LogP contribution in [0.5, 0.6) is 0 Å². The van der Waals surface area contributed by atoms with E-state index in [9.17, 15) is 4.79 Å². The summed E-state index contributed by atoms with van der Waals surface area (Å²) in [6.07, 6.45) is 3.77. The Morgan fingerprint density at radius 2 is 2.06 bits per heavy atom. The van der Waals surface area contributed by atoms with Crippen molar-refractivity contribution in [3.05, 3.63) is 30.3 Å². The lowest BCUT2D eigenvalue weighted by molar-refractivity contribution is -0.118. The predicted octanol–water partition coefficient (Wildman–Crippen LogP) is 2.01. The lowest BCUT2D eigenvalue weighted by Gasteiger charge is -2.17. The topological polar surface area (TPSA) is 41.1 Å². The van der Waals surface area contributed by atoms with E-state index in [-0.39, 0.29) is 11.9 Å². The molecule has 1 aromatic carbocycles. The van der Waals surface area contributed by atoms with Crippen LogP contribution in [0.1, 0.15) is 19.3 Å². The van der Waals surface area contributed by atoms with Crippen molar-refractivity contribution >= 4 is 11.6 Å². The second kappa shape index (κ2) is 4.49. The summed E-state index contributed by atoms with van der Waals surface area (Å²) in [5.74, 6) is 1.41. The molecule has 2 fully saturated rings. The molecule has 1 aromatic rings. The number of nitrogens with one attached hydrogen (secondary N) is 2. The van der Waals surface area contributed by atoms with Crippen LogP contribution < -0.4 is 10.6 Å². The third-order valence-corrected chi connectivity index (χ3v) is 4.07. The van der Waals surface area contributed by atoms with Gasteiger partial charge in [0, 0.05) is 5.69 Å². The summed E-state index contributed by atoms with van der Waals surface area (Å²) in [5.41, 5.74) is 0.890. The van der Waals surface area contributed by atoms with Crippen LogP contribution in [0.3, 0.4) is 0 Å². The molecule has 1 aliphatic carbocycles. The fraction of sp³-hybridized carbons (Fsp3) is 0.500. The Hall–Kier alpha value is -1.35. The molecular formula is C14H18N2O. The van der Waals surface area contributed by atoms with Crippen molar-refractivity contribution in [2.75, 3.05) is 11.9 Å². The first-order valence-corrected chi connectivity index (χ1v) is 6.44. The largest absolute Gasteiger partial charge is 0.325 e. The van der Waals surface area contributed by atoms with Crippen molar-refractivity contribution in [1.29, 1.82) is 0 Å². The Kier molecular flexibility index (Phi) is 2.85. The zero-order valence-corrected chi connectivity index (χ0v) is 9.86. The maximum absolute atomic E-state index is 12.2. The molecule has 1 amide bonds. The molecule has 0 radical (unpaired) electrons. The van der Waals surface area contributed by atoms with Crippen LogP contribution in [0.2, 0.25) is 0 Å². The molecule has 17 heavy (non-hydrogen) atoms. The SMILES string of the molecule is O=C(Nc1ccccc1)C1NCC2CCCC21. The van der Waals surface area contributed by atoms with E-state index in [1.807, 2.05) is 30.3 Å². The van der Waals surface area contributed by atoms with Gasteiger partial charge in [-0.25, -0.2) is 0 Å². The maximum atomic E-state index is 12.2. The van der Waals surface area contributed by atoms with E-state index >= 15 is 0 Å². The average molecular weight is 230 g/mol. The average Bonchev–Trinajstić information content (AvgIpc) is 2.91. The van der Waals surface area contributed by atoms with E-state index in [4.69, 9.17) is 0 Å². The van der Waals surface area contributed by atoms with Crippen LogP contribution in [0, 0.1) is 11.8 Å². The van der Waals surface area contributed by atoms with Crippen molar-refractivity contribution in [1.82, 2.24) is 5.32 Å². The first kappa shape index (κ1) is 10.8. The fourth-order valence-electron chi connectivity index (χ4n) is 3.22. The Morgan fingerprint density at radius 1 is 1.24 bits per heavy atom. The number of benzene rings is 1. The van der Waals surface area contributed by atoms with Crippen LogP contribution in [-0.4, -0.2) is 18.5 Å². The van der Waals surface area contributed by atoms with Gasteiger partial charge in [0.2, 0.25) is 5.91 Å². The van der Waals surface area contributed by atoms with Crippen molar-refractivity contribution in [2.24, 2.45) is 11.8 Å². The highest BCUT2D eigenvalue weighted by Gasteiger charge is 2.42. The van der Waals surface area contributed by atoms with Gasteiger partial charge in [-0.05, 0) is 43.4 Å². The molecule has 1 aliphatic heterocycles. The fourth-order valence-corrected chi connectivity index (χ4v) is 3.22.